The van der Waals surface area contributed by atoms with E-state index in [1.807, 2.05) is 30.3 Å². The number of amides is 1. The Morgan fingerprint density at radius 3 is 2.65 bits per heavy atom. The lowest BCUT2D eigenvalue weighted by atomic mass is 9.96. The maximum absolute atomic E-state index is 12.2. The van der Waals surface area contributed by atoms with E-state index in [0.29, 0.717) is 16.8 Å². The summed E-state index contributed by atoms with van der Waals surface area (Å²) in [7, 11) is 0. The van der Waals surface area contributed by atoms with Gasteiger partial charge in [0, 0.05) is 11.4 Å². The molecule has 1 saturated carbocycles. The summed E-state index contributed by atoms with van der Waals surface area (Å²) in [6, 6.07) is 11.7. The number of aromatic nitrogens is 1. The zero-order valence-corrected chi connectivity index (χ0v) is 13.7. The Morgan fingerprint density at radius 2 is 1.83 bits per heavy atom. The number of hydrazine groups is 1. The largest absolute Gasteiger partial charge is 0.359 e. The number of benzene rings is 1. The molecule has 3 N–H and O–H groups in total. The molecule has 23 heavy (non-hydrogen) atoms. The lowest BCUT2D eigenvalue weighted by Crippen LogP contribution is -2.50. The van der Waals surface area contributed by atoms with Gasteiger partial charge in [0.25, 0.3) is 5.91 Å². The van der Waals surface area contributed by atoms with Gasteiger partial charge in [-0.3, -0.25) is 15.6 Å². The van der Waals surface area contributed by atoms with E-state index in [4.69, 9.17) is 12.2 Å². The first-order chi connectivity index (χ1) is 11.2. The lowest BCUT2D eigenvalue weighted by molar-refractivity contribution is 0.0939. The van der Waals surface area contributed by atoms with E-state index >= 15 is 0 Å². The van der Waals surface area contributed by atoms with E-state index in [9.17, 15) is 4.79 Å². The second-order valence-corrected chi connectivity index (χ2v) is 6.18. The van der Waals surface area contributed by atoms with Gasteiger partial charge in [0.15, 0.2) is 5.11 Å². The molecule has 6 heteroatoms. The van der Waals surface area contributed by atoms with Crippen molar-refractivity contribution in [2.75, 3.05) is 0 Å². The molecule has 1 amide bonds. The first kappa shape index (κ1) is 15.7. The summed E-state index contributed by atoms with van der Waals surface area (Å²) in [5, 5.41) is 4.70. The highest BCUT2D eigenvalue weighted by molar-refractivity contribution is 7.80. The number of hydrogen-bond donors (Lipinski definition) is 3. The monoisotopic (exact) mass is 328 g/mol. The van der Waals surface area contributed by atoms with Gasteiger partial charge in [0.1, 0.15) is 5.69 Å². The van der Waals surface area contributed by atoms with Gasteiger partial charge in [0.05, 0.1) is 5.52 Å². The highest BCUT2D eigenvalue weighted by Crippen LogP contribution is 2.17. The van der Waals surface area contributed by atoms with Crippen molar-refractivity contribution in [2.45, 2.75) is 38.1 Å². The van der Waals surface area contributed by atoms with Crippen molar-refractivity contribution in [2.24, 2.45) is 0 Å². The highest BCUT2D eigenvalue weighted by Gasteiger charge is 2.14. The SMILES string of the molecule is O=C(NNC(=S)NC1CCCCC1)c1ccc2ccccc2n1. The summed E-state index contributed by atoms with van der Waals surface area (Å²) >= 11 is 5.22. The smallest absolute Gasteiger partial charge is 0.288 e. The third-order valence-corrected chi connectivity index (χ3v) is 4.28. The van der Waals surface area contributed by atoms with E-state index in [0.717, 1.165) is 23.7 Å². The van der Waals surface area contributed by atoms with Gasteiger partial charge in [-0.05, 0) is 37.2 Å². The van der Waals surface area contributed by atoms with Gasteiger partial charge in [0.2, 0.25) is 0 Å². The molecule has 0 bridgehead atoms. The number of rotatable bonds is 2. The third kappa shape index (κ3) is 4.16. The zero-order valence-electron chi connectivity index (χ0n) is 12.8. The van der Waals surface area contributed by atoms with Crippen molar-refractivity contribution < 1.29 is 4.79 Å². The number of hydrogen-bond acceptors (Lipinski definition) is 3. The van der Waals surface area contributed by atoms with E-state index in [1.54, 1.807) is 6.07 Å². The third-order valence-electron chi connectivity index (χ3n) is 4.06. The molecule has 5 nitrogen and oxygen atoms in total. The van der Waals surface area contributed by atoms with Gasteiger partial charge in [-0.15, -0.1) is 0 Å². The number of nitrogens with zero attached hydrogens (tertiary/aromatic N) is 1. The Hall–Kier alpha value is -2.21. The second kappa shape index (κ2) is 7.37. The van der Waals surface area contributed by atoms with Crippen molar-refractivity contribution in [1.29, 1.82) is 0 Å². The van der Waals surface area contributed by atoms with Crippen LogP contribution in [-0.2, 0) is 0 Å². The number of pyridine rings is 1. The average molecular weight is 328 g/mol. The number of thiocarbonyl (C=S) groups is 1. The van der Waals surface area contributed by atoms with Gasteiger partial charge in [-0.25, -0.2) is 4.98 Å². The molecule has 0 unspecified atom stereocenters. The normalized spacial score (nSPS) is 15.1. The fraction of sp³-hybridized carbons (Fsp3) is 0.353. The summed E-state index contributed by atoms with van der Waals surface area (Å²) in [5.41, 5.74) is 6.51. The Bertz CT molecular complexity index is 713. The Kier molecular flexibility index (Phi) is 5.02. The molecular weight excluding hydrogens is 308 g/mol. The molecule has 1 aromatic heterocycles. The van der Waals surface area contributed by atoms with Crippen molar-refractivity contribution in [1.82, 2.24) is 21.2 Å². The number of carbonyl (C=O) groups is 1. The van der Waals surface area contributed by atoms with Crippen molar-refractivity contribution >= 4 is 34.1 Å². The van der Waals surface area contributed by atoms with Crippen LogP contribution in [0, 0.1) is 0 Å². The fourth-order valence-electron chi connectivity index (χ4n) is 2.84. The minimum Gasteiger partial charge on any atom is -0.359 e. The Labute approximate surface area is 140 Å². The first-order valence-electron chi connectivity index (χ1n) is 7.95. The minimum absolute atomic E-state index is 0.302. The fourth-order valence-corrected chi connectivity index (χ4v) is 3.06. The van der Waals surface area contributed by atoms with Crippen LogP contribution in [0.5, 0.6) is 0 Å². The van der Waals surface area contributed by atoms with Gasteiger partial charge < -0.3 is 5.32 Å². The van der Waals surface area contributed by atoms with E-state index in [-0.39, 0.29) is 5.91 Å². The zero-order chi connectivity index (χ0) is 16.1. The number of para-hydroxylation sites is 1. The van der Waals surface area contributed by atoms with Crippen LogP contribution >= 0.6 is 12.2 Å². The van der Waals surface area contributed by atoms with Crippen LogP contribution in [0.2, 0.25) is 0 Å². The van der Waals surface area contributed by atoms with Crippen LogP contribution in [0.25, 0.3) is 10.9 Å². The van der Waals surface area contributed by atoms with Gasteiger partial charge in [-0.2, -0.15) is 0 Å². The Morgan fingerprint density at radius 1 is 1.04 bits per heavy atom. The van der Waals surface area contributed by atoms with Crippen molar-refractivity contribution in [3.63, 3.8) is 0 Å². The molecule has 0 atom stereocenters. The average Bonchev–Trinajstić information content (AvgIpc) is 2.60. The summed E-state index contributed by atoms with van der Waals surface area (Å²) in [6.45, 7) is 0. The molecular formula is C17H20N4OS. The standard InChI is InChI=1S/C17H20N4OS/c22-16(15-11-10-12-6-4-5-9-14(12)19-15)20-21-17(23)18-13-7-2-1-3-8-13/h4-6,9-11,13H,1-3,7-8H2,(H,20,22)(H2,18,21,23). The van der Waals surface area contributed by atoms with Crippen LogP contribution in [0.1, 0.15) is 42.6 Å². The summed E-state index contributed by atoms with van der Waals surface area (Å²) in [6.07, 6.45) is 6.01. The molecule has 3 rings (SSSR count). The maximum Gasteiger partial charge on any atom is 0.288 e. The summed E-state index contributed by atoms with van der Waals surface area (Å²) in [4.78, 5) is 16.5. The molecule has 0 saturated heterocycles. The van der Waals surface area contributed by atoms with E-state index in [1.165, 1.54) is 19.3 Å². The molecule has 1 heterocycles. The molecule has 1 fully saturated rings. The predicted molar refractivity (Wildman–Crippen MR) is 95.0 cm³/mol. The second-order valence-electron chi connectivity index (χ2n) is 5.78. The highest BCUT2D eigenvalue weighted by atomic mass is 32.1. The number of fused-ring (bicyclic) bond motifs is 1. The summed E-state index contributed by atoms with van der Waals surface area (Å²) < 4.78 is 0. The molecule has 0 spiro atoms. The van der Waals surface area contributed by atoms with Gasteiger partial charge in [-0.1, -0.05) is 43.5 Å². The van der Waals surface area contributed by atoms with Crippen LogP contribution in [0.4, 0.5) is 0 Å². The van der Waals surface area contributed by atoms with Crippen molar-refractivity contribution in [3.8, 4) is 0 Å². The molecule has 1 aliphatic carbocycles. The van der Waals surface area contributed by atoms with Crippen LogP contribution in [-0.4, -0.2) is 22.0 Å². The van der Waals surface area contributed by atoms with E-state index < -0.39 is 0 Å². The first-order valence-corrected chi connectivity index (χ1v) is 8.36. The molecule has 0 radical (unpaired) electrons. The molecule has 1 aliphatic rings. The maximum atomic E-state index is 12.2. The number of carbonyl (C=O) groups excluding carboxylic acids is 1. The molecule has 120 valence electrons. The van der Waals surface area contributed by atoms with Crippen LogP contribution < -0.4 is 16.2 Å². The van der Waals surface area contributed by atoms with Gasteiger partial charge >= 0.3 is 0 Å². The van der Waals surface area contributed by atoms with Crippen molar-refractivity contribution in [3.05, 3.63) is 42.1 Å². The molecule has 0 aliphatic heterocycles. The molecule has 1 aromatic carbocycles. The van der Waals surface area contributed by atoms with Crippen LogP contribution in [0.15, 0.2) is 36.4 Å². The number of nitrogens with one attached hydrogen (secondary N) is 3. The predicted octanol–water partition coefficient (Wildman–Crippen LogP) is 2.68. The quantitative estimate of drug-likeness (QED) is 0.584. The summed E-state index contributed by atoms with van der Waals surface area (Å²) in [5.74, 6) is -0.302. The Balaban J connectivity index is 1.54. The minimum atomic E-state index is -0.302. The van der Waals surface area contributed by atoms with Crippen LogP contribution in [0.3, 0.4) is 0 Å². The molecule has 2 aromatic rings. The van der Waals surface area contributed by atoms with E-state index in [2.05, 4.69) is 21.2 Å². The topological polar surface area (TPSA) is 66.1 Å². The lowest BCUT2D eigenvalue weighted by Gasteiger charge is -2.24.